The van der Waals surface area contributed by atoms with Gasteiger partial charge < -0.3 is 14.8 Å². The molecule has 4 heteroatoms. The van der Waals surface area contributed by atoms with Crippen LogP contribution in [0.15, 0.2) is 18.2 Å². The molecule has 1 N–H and O–H groups in total. The highest BCUT2D eigenvalue weighted by atomic mass is 16.2. The molecular formula is C16H21N3O. The molecule has 1 aliphatic rings. The van der Waals surface area contributed by atoms with Gasteiger partial charge in [-0.15, -0.1) is 0 Å². The normalized spacial score (nSPS) is 16.9. The zero-order valence-electron chi connectivity index (χ0n) is 12.4. The molecule has 1 aromatic heterocycles. The van der Waals surface area contributed by atoms with E-state index in [0.29, 0.717) is 5.69 Å². The first kappa shape index (κ1) is 13.2. The van der Waals surface area contributed by atoms with Gasteiger partial charge in [0.25, 0.3) is 5.91 Å². The minimum atomic E-state index is 0.117. The van der Waals surface area contributed by atoms with Crippen LogP contribution in [-0.4, -0.2) is 53.9 Å². The fraction of sp³-hybridized carbons (Fsp3) is 0.438. The molecule has 1 fully saturated rings. The second kappa shape index (κ2) is 4.94. The molecule has 0 radical (unpaired) electrons. The van der Waals surface area contributed by atoms with Crippen LogP contribution in [0, 0.1) is 13.8 Å². The second-order valence-electron chi connectivity index (χ2n) is 5.82. The van der Waals surface area contributed by atoms with Gasteiger partial charge in [-0.05, 0) is 44.2 Å². The highest BCUT2D eigenvalue weighted by molar-refractivity contribution is 5.99. The summed E-state index contributed by atoms with van der Waals surface area (Å²) in [6, 6.07) is 6.24. The Balaban J connectivity index is 1.90. The van der Waals surface area contributed by atoms with E-state index in [1.165, 1.54) is 11.1 Å². The average molecular weight is 271 g/mol. The van der Waals surface area contributed by atoms with Crippen LogP contribution in [0.3, 0.4) is 0 Å². The third-order valence-electron chi connectivity index (χ3n) is 4.11. The van der Waals surface area contributed by atoms with Crippen molar-refractivity contribution in [3.63, 3.8) is 0 Å². The predicted molar refractivity (Wildman–Crippen MR) is 81.2 cm³/mol. The minimum Gasteiger partial charge on any atom is -0.351 e. The predicted octanol–water partition coefficient (Wildman–Crippen LogP) is 2.17. The number of carbonyl (C=O) groups is 1. The van der Waals surface area contributed by atoms with Gasteiger partial charge >= 0.3 is 0 Å². The lowest BCUT2D eigenvalue weighted by Crippen LogP contribution is -2.47. The van der Waals surface area contributed by atoms with Crippen LogP contribution in [-0.2, 0) is 0 Å². The molecule has 0 aliphatic carbocycles. The summed E-state index contributed by atoms with van der Waals surface area (Å²) < 4.78 is 0. The van der Waals surface area contributed by atoms with Crippen molar-refractivity contribution < 1.29 is 4.79 Å². The zero-order chi connectivity index (χ0) is 14.3. The van der Waals surface area contributed by atoms with Gasteiger partial charge in [-0.2, -0.15) is 0 Å². The average Bonchev–Trinajstić information content (AvgIpc) is 2.83. The summed E-state index contributed by atoms with van der Waals surface area (Å²) in [6.07, 6.45) is 0. The van der Waals surface area contributed by atoms with Crippen LogP contribution >= 0.6 is 0 Å². The maximum Gasteiger partial charge on any atom is 0.270 e. The Labute approximate surface area is 119 Å². The van der Waals surface area contributed by atoms with Gasteiger partial charge in [0, 0.05) is 37.1 Å². The Kier molecular flexibility index (Phi) is 3.26. The zero-order valence-corrected chi connectivity index (χ0v) is 12.4. The summed E-state index contributed by atoms with van der Waals surface area (Å²) in [5.41, 5.74) is 4.20. The van der Waals surface area contributed by atoms with Gasteiger partial charge in [-0.3, -0.25) is 4.79 Å². The van der Waals surface area contributed by atoms with E-state index in [2.05, 4.69) is 42.9 Å². The first-order valence-corrected chi connectivity index (χ1v) is 7.12. The third kappa shape index (κ3) is 2.31. The topological polar surface area (TPSA) is 39.3 Å². The van der Waals surface area contributed by atoms with Crippen molar-refractivity contribution in [3.8, 4) is 0 Å². The molecule has 0 saturated carbocycles. The maximum absolute atomic E-state index is 12.5. The number of benzene rings is 1. The van der Waals surface area contributed by atoms with Crippen molar-refractivity contribution in [2.45, 2.75) is 13.8 Å². The van der Waals surface area contributed by atoms with E-state index >= 15 is 0 Å². The number of aromatic nitrogens is 1. The van der Waals surface area contributed by atoms with Crippen molar-refractivity contribution in [1.29, 1.82) is 0 Å². The first-order valence-electron chi connectivity index (χ1n) is 7.12. The number of rotatable bonds is 1. The van der Waals surface area contributed by atoms with Crippen molar-refractivity contribution in [2.24, 2.45) is 0 Å². The number of likely N-dealkylation sites (N-methyl/N-ethyl adjacent to an activating group) is 1. The molecule has 2 heterocycles. The van der Waals surface area contributed by atoms with Crippen molar-refractivity contribution in [1.82, 2.24) is 14.8 Å². The van der Waals surface area contributed by atoms with E-state index in [0.717, 1.165) is 37.1 Å². The van der Waals surface area contributed by atoms with Gasteiger partial charge in [0.1, 0.15) is 5.69 Å². The number of aromatic amines is 1. The van der Waals surface area contributed by atoms with Crippen molar-refractivity contribution >= 4 is 16.8 Å². The number of fused-ring (bicyclic) bond motifs is 1. The van der Waals surface area contributed by atoms with E-state index in [9.17, 15) is 4.79 Å². The van der Waals surface area contributed by atoms with Crippen molar-refractivity contribution in [3.05, 3.63) is 35.0 Å². The van der Waals surface area contributed by atoms with E-state index in [4.69, 9.17) is 0 Å². The van der Waals surface area contributed by atoms with E-state index in [1.807, 2.05) is 11.0 Å². The molecular weight excluding hydrogens is 250 g/mol. The molecule has 4 nitrogen and oxygen atoms in total. The monoisotopic (exact) mass is 271 g/mol. The van der Waals surface area contributed by atoms with Crippen molar-refractivity contribution in [2.75, 3.05) is 33.2 Å². The van der Waals surface area contributed by atoms with E-state index < -0.39 is 0 Å². The summed E-state index contributed by atoms with van der Waals surface area (Å²) in [7, 11) is 2.09. The lowest BCUT2D eigenvalue weighted by Gasteiger charge is -2.32. The van der Waals surface area contributed by atoms with Crippen LogP contribution in [0.25, 0.3) is 10.9 Å². The smallest absolute Gasteiger partial charge is 0.270 e. The molecule has 1 aliphatic heterocycles. The van der Waals surface area contributed by atoms with Crippen LogP contribution < -0.4 is 0 Å². The summed E-state index contributed by atoms with van der Waals surface area (Å²) in [5, 5.41) is 1.15. The van der Waals surface area contributed by atoms with Gasteiger partial charge in [0.15, 0.2) is 0 Å². The van der Waals surface area contributed by atoms with E-state index in [1.54, 1.807) is 0 Å². The Morgan fingerprint density at radius 3 is 2.50 bits per heavy atom. The van der Waals surface area contributed by atoms with Crippen LogP contribution in [0.1, 0.15) is 21.6 Å². The summed E-state index contributed by atoms with van der Waals surface area (Å²) in [6.45, 7) is 7.68. The molecule has 20 heavy (non-hydrogen) atoms. The second-order valence-corrected chi connectivity index (χ2v) is 5.82. The Morgan fingerprint density at radius 2 is 1.80 bits per heavy atom. The van der Waals surface area contributed by atoms with Crippen LogP contribution in [0.2, 0.25) is 0 Å². The third-order valence-corrected chi connectivity index (χ3v) is 4.11. The molecule has 3 rings (SSSR count). The number of carbonyl (C=O) groups excluding carboxylic acids is 1. The van der Waals surface area contributed by atoms with Gasteiger partial charge in [0.05, 0.1) is 0 Å². The quantitative estimate of drug-likeness (QED) is 0.863. The lowest BCUT2D eigenvalue weighted by atomic mass is 10.1. The molecule has 0 atom stereocenters. The molecule has 0 unspecified atom stereocenters. The highest BCUT2D eigenvalue weighted by Gasteiger charge is 2.21. The number of H-pyrrole nitrogens is 1. The molecule has 1 amide bonds. The van der Waals surface area contributed by atoms with Crippen LogP contribution in [0.5, 0.6) is 0 Å². The van der Waals surface area contributed by atoms with Gasteiger partial charge in [-0.25, -0.2) is 0 Å². The SMILES string of the molecule is Cc1cc(C)c2cc(C(=O)N3CCN(C)CC3)[nH]c2c1. The standard InChI is InChI=1S/C16H21N3O/c1-11-8-12(2)13-10-15(17-14(13)9-11)16(20)19-6-4-18(3)5-7-19/h8-10,17H,4-7H2,1-3H3. The van der Waals surface area contributed by atoms with Gasteiger partial charge in [-0.1, -0.05) is 6.07 Å². The summed E-state index contributed by atoms with van der Waals surface area (Å²) >= 11 is 0. The number of hydrogen-bond donors (Lipinski definition) is 1. The Hall–Kier alpha value is -1.81. The number of hydrogen-bond acceptors (Lipinski definition) is 2. The molecule has 2 aromatic rings. The molecule has 0 spiro atoms. The number of nitrogens with zero attached hydrogens (tertiary/aromatic N) is 2. The molecule has 1 saturated heterocycles. The Bertz CT molecular complexity index is 651. The number of nitrogens with one attached hydrogen (secondary N) is 1. The fourth-order valence-electron chi connectivity index (χ4n) is 2.89. The summed E-state index contributed by atoms with van der Waals surface area (Å²) in [5.74, 6) is 0.117. The Morgan fingerprint density at radius 1 is 1.10 bits per heavy atom. The maximum atomic E-state index is 12.5. The molecule has 1 aromatic carbocycles. The largest absolute Gasteiger partial charge is 0.351 e. The first-order chi connectivity index (χ1) is 9.54. The number of piperazine rings is 1. The number of amides is 1. The molecule has 106 valence electrons. The van der Waals surface area contributed by atoms with Crippen LogP contribution in [0.4, 0.5) is 0 Å². The van der Waals surface area contributed by atoms with E-state index in [-0.39, 0.29) is 5.91 Å². The van der Waals surface area contributed by atoms with Gasteiger partial charge in [0.2, 0.25) is 0 Å². The fourth-order valence-corrected chi connectivity index (χ4v) is 2.89. The minimum absolute atomic E-state index is 0.117. The molecule has 0 bridgehead atoms. The highest BCUT2D eigenvalue weighted by Crippen LogP contribution is 2.22. The summed E-state index contributed by atoms with van der Waals surface area (Å²) in [4.78, 5) is 20.0. The lowest BCUT2D eigenvalue weighted by molar-refractivity contribution is 0.0659. The number of aryl methyl sites for hydroxylation is 2.